The molecule has 0 saturated carbocycles. The minimum atomic E-state index is -0.852. The molecule has 1 aliphatic rings. The molecular formula is C21H23NO5. The number of amides is 1. The van der Waals surface area contributed by atoms with Crippen molar-refractivity contribution in [2.75, 3.05) is 20.2 Å². The van der Waals surface area contributed by atoms with Crippen molar-refractivity contribution in [1.82, 2.24) is 4.90 Å². The van der Waals surface area contributed by atoms with Crippen LogP contribution in [0.1, 0.15) is 28.8 Å². The lowest BCUT2D eigenvalue weighted by Crippen LogP contribution is -2.42. The van der Waals surface area contributed by atoms with E-state index in [4.69, 9.17) is 9.47 Å². The highest BCUT2D eigenvalue weighted by atomic mass is 16.5. The van der Waals surface area contributed by atoms with Gasteiger partial charge in [-0.3, -0.25) is 9.59 Å². The molecule has 1 saturated heterocycles. The van der Waals surface area contributed by atoms with Crippen LogP contribution in [0.25, 0.3) is 0 Å². The minimum Gasteiger partial charge on any atom is -0.493 e. The maximum Gasteiger partial charge on any atom is 0.308 e. The maximum atomic E-state index is 12.8. The maximum absolute atomic E-state index is 12.8. The van der Waals surface area contributed by atoms with E-state index in [-0.39, 0.29) is 12.5 Å². The van der Waals surface area contributed by atoms with Crippen LogP contribution in [0, 0.1) is 5.92 Å². The number of carboxylic acid groups (broad SMARTS) is 1. The number of benzene rings is 2. The molecule has 0 aromatic heterocycles. The molecule has 0 bridgehead atoms. The lowest BCUT2D eigenvalue weighted by atomic mass is 9.97. The number of carbonyl (C=O) groups is 2. The molecule has 1 aliphatic heterocycles. The summed E-state index contributed by atoms with van der Waals surface area (Å²) in [5.74, 6) is -0.509. The summed E-state index contributed by atoms with van der Waals surface area (Å²) in [5.41, 5.74) is 1.50. The van der Waals surface area contributed by atoms with Crippen molar-refractivity contribution in [3.8, 4) is 11.5 Å². The molecule has 6 heteroatoms. The van der Waals surface area contributed by atoms with Gasteiger partial charge in [-0.05, 0) is 36.6 Å². The summed E-state index contributed by atoms with van der Waals surface area (Å²) < 4.78 is 11.2. The molecule has 1 amide bonds. The van der Waals surface area contributed by atoms with E-state index >= 15 is 0 Å². The Morgan fingerprint density at radius 2 is 1.93 bits per heavy atom. The first-order valence-corrected chi connectivity index (χ1v) is 8.95. The lowest BCUT2D eigenvalue weighted by molar-refractivity contribution is -0.143. The van der Waals surface area contributed by atoms with Gasteiger partial charge in [0.25, 0.3) is 5.91 Å². The van der Waals surface area contributed by atoms with Crippen LogP contribution in [0.3, 0.4) is 0 Å². The highest BCUT2D eigenvalue weighted by molar-refractivity contribution is 5.95. The molecule has 0 aliphatic carbocycles. The van der Waals surface area contributed by atoms with Gasteiger partial charge in [0.2, 0.25) is 0 Å². The number of piperidine rings is 1. The van der Waals surface area contributed by atoms with Crippen molar-refractivity contribution in [2.45, 2.75) is 19.4 Å². The van der Waals surface area contributed by atoms with Gasteiger partial charge in [0.1, 0.15) is 6.61 Å². The van der Waals surface area contributed by atoms with Gasteiger partial charge in [0.15, 0.2) is 11.5 Å². The Labute approximate surface area is 158 Å². The van der Waals surface area contributed by atoms with Crippen molar-refractivity contribution in [2.24, 2.45) is 5.92 Å². The van der Waals surface area contributed by atoms with Crippen LogP contribution in [0.5, 0.6) is 11.5 Å². The monoisotopic (exact) mass is 369 g/mol. The molecule has 1 N–H and O–H groups in total. The van der Waals surface area contributed by atoms with Gasteiger partial charge in [-0.25, -0.2) is 0 Å². The summed E-state index contributed by atoms with van der Waals surface area (Å²) in [6.07, 6.45) is 1.30. The number of nitrogens with zero attached hydrogens (tertiary/aromatic N) is 1. The number of rotatable bonds is 6. The zero-order valence-electron chi connectivity index (χ0n) is 15.3. The average Bonchev–Trinajstić information content (AvgIpc) is 2.72. The summed E-state index contributed by atoms with van der Waals surface area (Å²) in [7, 11) is 1.53. The fourth-order valence-corrected chi connectivity index (χ4v) is 3.20. The first-order valence-electron chi connectivity index (χ1n) is 8.95. The average molecular weight is 369 g/mol. The first kappa shape index (κ1) is 18.8. The minimum absolute atomic E-state index is 0.186. The summed E-state index contributed by atoms with van der Waals surface area (Å²) >= 11 is 0. The van der Waals surface area contributed by atoms with E-state index < -0.39 is 11.9 Å². The smallest absolute Gasteiger partial charge is 0.308 e. The zero-order valence-corrected chi connectivity index (χ0v) is 15.3. The van der Waals surface area contributed by atoms with Gasteiger partial charge < -0.3 is 19.5 Å². The fourth-order valence-electron chi connectivity index (χ4n) is 3.20. The summed E-state index contributed by atoms with van der Waals surface area (Å²) in [4.78, 5) is 25.6. The van der Waals surface area contributed by atoms with E-state index in [0.717, 1.165) is 5.56 Å². The molecule has 1 heterocycles. The number of hydrogen-bond acceptors (Lipinski definition) is 4. The molecule has 6 nitrogen and oxygen atoms in total. The zero-order chi connectivity index (χ0) is 19.2. The second kappa shape index (κ2) is 8.58. The van der Waals surface area contributed by atoms with E-state index in [2.05, 4.69) is 0 Å². The van der Waals surface area contributed by atoms with E-state index in [1.807, 2.05) is 30.3 Å². The van der Waals surface area contributed by atoms with Crippen LogP contribution in [0.2, 0.25) is 0 Å². The first-order chi connectivity index (χ1) is 13.1. The topological polar surface area (TPSA) is 76.1 Å². The van der Waals surface area contributed by atoms with Crippen LogP contribution in [-0.2, 0) is 11.4 Å². The Bertz CT molecular complexity index is 805. The number of ether oxygens (including phenoxy) is 2. The second-order valence-corrected chi connectivity index (χ2v) is 6.57. The molecular weight excluding hydrogens is 346 g/mol. The Hall–Kier alpha value is -3.02. The second-order valence-electron chi connectivity index (χ2n) is 6.57. The largest absolute Gasteiger partial charge is 0.493 e. The Morgan fingerprint density at radius 1 is 1.15 bits per heavy atom. The summed E-state index contributed by atoms with van der Waals surface area (Å²) in [6, 6.07) is 14.8. The third kappa shape index (κ3) is 4.58. The van der Waals surface area contributed by atoms with Crippen LogP contribution in [-0.4, -0.2) is 42.1 Å². The number of aliphatic carboxylic acids is 1. The van der Waals surface area contributed by atoms with Gasteiger partial charge >= 0.3 is 5.97 Å². The van der Waals surface area contributed by atoms with E-state index in [0.29, 0.717) is 43.1 Å². The standard InChI is InChI=1S/C21H23NO5/c1-26-19-12-16(20(23)22-11-5-8-17(13-22)21(24)25)9-10-18(19)27-14-15-6-3-2-4-7-15/h2-4,6-7,9-10,12,17H,5,8,11,13-14H2,1H3,(H,24,25). The Balaban J connectivity index is 1.71. The molecule has 1 fully saturated rings. The molecule has 1 atom stereocenters. The van der Waals surface area contributed by atoms with Crippen LogP contribution in [0.4, 0.5) is 0 Å². The van der Waals surface area contributed by atoms with Crippen molar-refractivity contribution in [1.29, 1.82) is 0 Å². The molecule has 3 rings (SSSR count). The van der Waals surface area contributed by atoms with E-state index in [1.165, 1.54) is 7.11 Å². The van der Waals surface area contributed by atoms with Crippen molar-refractivity contribution in [3.63, 3.8) is 0 Å². The van der Waals surface area contributed by atoms with Crippen LogP contribution >= 0.6 is 0 Å². The quantitative estimate of drug-likeness (QED) is 0.846. The molecule has 142 valence electrons. The predicted octanol–water partition coefficient (Wildman–Crippen LogP) is 3.21. The van der Waals surface area contributed by atoms with Crippen LogP contribution in [0.15, 0.2) is 48.5 Å². The number of carboxylic acids is 1. The van der Waals surface area contributed by atoms with E-state index in [9.17, 15) is 14.7 Å². The number of carbonyl (C=O) groups excluding carboxylic acids is 1. The molecule has 0 radical (unpaired) electrons. The van der Waals surface area contributed by atoms with Crippen molar-refractivity contribution >= 4 is 11.9 Å². The van der Waals surface area contributed by atoms with Crippen molar-refractivity contribution < 1.29 is 24.2 Å². The number of methoxy groups -OCH3 is 1. The highest BCUT2D eigenvalue weighted by Crippen LogP contribution is 2.30. The summed E-state index contributed by atoms with van der Waals surface area (Å²) in [6.45, 7) is 1.21. The number of likely N-dealkylation sites (tertiary alicyclic amines) is 1. The molecule has 27 heavy (non-hydrogen) atoms. The van der Waals surface area contributed by atoms with Crippen molar-refractivity contribution in [3.05, 3.63) is 59.7 Å². The molecule has 2 aromatic carbocycles. The van der Waals surface area contributed by atoms with Gasteiger partial charge in [0, 0.05) is 18.7 Å². The van der Waals surface area contributed by atoms with Gasteiger partial charge in [0.05, 0.1) is 13.0 Å². The van der Waals surface area contributed by atoms with E-state index in [1.54, 1.807) is 23.1 Å². The third-order valence-corrected chi connectivity index (χ3v) is 4.71. The predicted molar refractivity (Wildman–Crippen MR) is 100 cm³/mol. The SMILES string of the molecule is COc1cc(C(=O)N2CCCC(C(=O)O)C2)ccc1OCc1ccccc1. The summed E-state index contributed by atoms with van der Waals surface area (Å²) in [5, 5.41) is 9.21. The number of hydrogen-bond donors (Lipinski definition) is 1. The molecule has 0 spiro atoms. The fraction of sp³-hybridized carbons (Fsp3) is 0.333. The lowest BCUT2D eigenvalue weighted by Gasteiger charge is -2.30. The van der Waals surface area contributed by atoms with Gasteiger partial charge in [-0.1, -0.05) is 30.3 Å². The van der Waals surface area contributed by atoms with Gasteiger partial charge in [-0.2, -0.15) is 0 Å². The van der Waals surface area contributed by atoms with Crippen LogP contribution < -0.4 is 9.47 Å². The Kier molecular flexibility index (Phi) is 5.96. The molecule has 2 aromatic rings. The molecule has 1 unspecified atom stereocenters. The normalized spacial score (nSPS) is 16.6. The third-order valence-electron chi connectivity index (χ3n) is 4.71. The highest BCUT2D eigenvalue weighted by Gasteiger charge is 2.29. The Morgan fingerprint density at radius 3 is 2.63 bits per heavy atom. The van der Waals surface area contributed by atoms with Gasteiger partial charge in [-0.15, -0.1) is 0 Å².